The fourth-order valence-electron chi connectivity index (χ4n) is 3.13. The first-order chi connectivity index (χ1) is 11.6. The topological polar surface area (TPSA) is 75.6 Å². The van der Waals surface area contributed by atoms with Crippen LogP contribution in [0.25, 0.3) is 0 Å². The molecule has 0 radical (unpaired) electrons. The molecular weight excluding hydrogens is 306 g/mol. The lowest BCUT2D eigenvalue weighted by Crippen LogP contribution is -2.34. The standard InChI is InChI=1S/C19H19NO4/c1-24-14-10-8-13(9-11-14)17(19(22)23)20-18(21)16-7-3-5-12-4-2-6-15(12)16/h3,5,7-11,17H,2,4,6H2,1H3,(H,20,21)(H,22,23). The van der Waals surface area contributed by atoms with Crippen molar-refractivity contribution < 1.29 is 19.4 Å². The Morgan fingerprint density at radius 3 is 2.54 bits per heavy atom. The van der Waals surface area contributed by atoms with Crippen molar-refractivity contribution in [3.05, 3.63) is 64.7 Å². The van der Waals surface area contributed by atoms with Gasteiger partial charge >= 0.3 is 5.97 Å². The van der Waals surface area contributed by atoms with Crippen LogP contribution in [0.3, 0.4) is 0 Å². The number of methoxy groups -OCH3 is 1. The van der Waals surface area contributed by atoms with Gasteiger partial charge < -0.3 is 15.2 Å². The molecule has 124 valence electrons. The summed E-state index contributed by atoms with van der Waals surface area (Å²) in [5.41, 5.74) is 3.29. The summed E-state index contributed by atoms with van der Waals surface area (Å²) in [4.78, 5) is 24.2. The van der Waals surface area contributed by atoms with Gasteiger partial charge in [-0.05, 0) is 54.2 Å². The highest BCUT2D eigenvalue weighted by Crippen LogP contribution is 2.26. The molecule has 0 fully saturated rings. The highest BCUT2D eigenvalue weighted by atomic mass is 16.5. The van der Waals surface area contributed by atoms with Crippen LogP contribution in [-0.4, -0.2) is 24.1 Å². The van der Waals surface area contributed by atoms with Gasteiger partial charge in [-0.15, -0.1) is 0 Å². The number of amides is 1. The van der Waals surface area contributed by atoms with E-state index >= 15 is 0 Å². The molecule has 1 amide bonds. The van der Waals surface area contributed by atoms with Crippen LogP contribution >= 0.6 is 0 Å². The lowest BCUT2D eigenvalue weighted by Gasteiger charge is -2.16. The third kappa shape index (κ3) is 3.11. The number of benzene rings is 2. The molecule has 0 spiro atoms. The number of carboxylic acid groups (broad SMARTS) is 1. The minimum atomic E-state index is -1.10. The monoisotopic (exact) mass is 325 g/mol. The van der Waals surface area contributed by atoms with Crippen molar-refractivity contribution in [3.8, 4) is 5.75 Å². The van der Waals surface area contributed by atoms with Gasteiger partial charge in [-0.1, -0.05) is 24.3 Å². The number of carbonyl (C=O) groups is 2. The maximum atomic E-state index is 12.6. The number of ether oxygens (including phenoxy) is 1. The molecule has 1 aliphatic rings. The Morgan fingerprint density at radius 2 is 1.88 bits per heavy atom. The van der Waals surface area contributed by atoms with Crippen LogP contribution in [0.4, 0.5) is 0 Å². The van der Waals surface area contributed by atoms with E-state index in [1.807, 2.05) is 12.1 Å². The number of rotatable bonds is 5. The molecule has 5 nitrogen and oxygen atoms in total. The zero-order valence-corrected chi connectivity index (χ0v) is 13.4. The summed E-state index contributed by atoms with van der Waals surface area (Å²) in [6.45, 7) is 0. The maximum Gasteiger partial charge on any atom is 0.330 e. The van der Waals surface area contributed by atoms with Crippen molar-refractivity contribution in [1.29, 1.82) is 0 Å². The fourth-order valence-corrected chi connectivity index (χ4v) is 3.13. The molecule has 0 aliphatic heterocycles. The van der Waals surface area contributed by atoms with E-state index in [1.54, 1.807) is 37.4 Å². The Kier molecular flexibility index (Phi) is 4.51. The molecule has 24 heavy (non-hydrogen) atoms. The third-order valence-corrected chi connectivity index (χ3v) is 4.36. The second-order valence-corrected chi connectivity index (χ2v) is 5.81. The Labute approximate surface area is 140 Å². The van der Waals surface area contributed by atoms with Crippen LogP contribution in [0.5, 0.6) is 5.75 Å². The number of hydrogen-bond donors (Lipinski definition) is 2. The molecule has 0 aromatic heterocycles. The van der Waals surface area contributed by atoms with Crippen molar-refractivity contribution in [2.45, 2.75) is 25.3 Å². The van der Waals surface area contributed by atoms with Crippen LogP contribution in [0, 0.1) is 0 Å². The first-order valence-corrected chi connectivity index (χ1v) is 7.88. The maximum absolute atomic E-state index is 12.6. The number of aryl methyl sites for hydroxylation is 1. The zero-order chi connectivity index (χ0) is 17.1. The number of hydrogen-bond acceptors (Lipinski definition) is 3. The van der Waals surface area contributed by atoms with E-state index in [1.165, 1.54) is 5.56 Å². The van der Waals surface area contributed by atoms with Crippen molar-refractivity contribution >= 4 is 11.9 Å². The second kappa shape index (κ2) is 6.74. The summed E-state index contributed by atoms with van der Waals surface area (Å²) in [5.74, 6) is -0.812. The smallest absolute Gasteiger partial charge is 0.330 e. The van der Waals surface area contributed by atoms with Gasteiger partial charge in [0.1, 0.15) is 5.75 Å². The molecule has 2 aromatic rings. The van der Waals surface area contributed by atoms with E-state index in [9.17, 15) is 14.7 Å². The van der Waals surface area contributed by atoms with Gasteiger partial charge in [-0.25, -0.2) is 4.79 Å². The molecule has 1 aliphatic carbocycles. The number of carboxylic acids is 1. The summed E-state index contributed by atoms with van der Waals surface area (Å²) in [6, 6.07) is 11.2. The quantitative estimate of drug-likeness (QED) is 0.886. The normalized spacial score (nSPS) is 13.9. The summed E-state index contributed by atoms with van der Waals surface area (Å²) >= 11 is 0. The number of carbonyl (C=O) groups excluding carboxylic acids is 1. The average molecular weight is 325 g/mol. The van der Waals surface area contributed by atoms with Gasteiger partial charge in [0.05, 0.1) is 7.11 Å². The zero-order valence-electron chi connectivity index (χ0n) is 13.4. The molecule has 1 atom stereocenters. The number of aliphatic carboxylic acids is 1. The summed E-state index contributed by atoms with van der Waals surface area (Å²) < 4.78 is 5.08. The van der Waals surface area contributed by atoms with E-state index in [-0.39, 0.29) is 5.91 Å². The summed E-state index contributed by atoms with van der Waals surface area (Å²) in [5, 5.41) is 12.1. The Morgan fingerprint density at radius 1 is 1.12 bits per heavy atom. The first-order valence-electron chi connectivity index (χ1n) is 7.88. The van der Waals surface area contributed by atoms with Gasteiger partial charge in [0.2, 0.25) is 0 Å². The van der Waals surface area contributed by atoms with E-state index in [2.05, 4.69) is 5.32 Å². The summed E-state index contributed by atoms with van der Waals surface area (Å²) in [7, 11) is 1.54. The molecule has 0 heterocycles. The van der Waals surface area contributed by atoms with Gasteiger partial charge in [0.15, 0.2) is 6.04 Å². The average Bonchev–Trinajstić information content (AvgIpc) is 3.08. The van der Waals surface area contributed by atoms with Gasteiger partial charge in [0.25, 0.3) is 5.91 Å². The molecule has 2 aromatic carbocycles. The third-order valence-electron chi connectivity index (χ3n) is 4.36. The molecule has 1 unspecified atom stereocenters. The second-order valence-electron chi connectivity index (χ2n) is 5.81. The van der Waals surface area contributed by atoms with Crippen molar-refractivity contribution in [3.63, 3.8) is 0 Å². The van der Waals surface area contributed by atoms with Crippen molar-refractivity contribution in [2.24, 2.45) is 0 Å². The van der Waals surface area contributed by atoms with Crippen LogP contribution in [0.2, 0.25) is 0 Å². The van der Waals surface area contributed by atoms with Gasteiger partial charge in [-0.2, -0.15) is 0 Å². The van der Waals surface area contributed by atoms with Crippen LogP contribution < -0.4 is 10.1 Å². The fraction of sp³-hybridized carbons (Fsp3) is 0.263. The lowest BCUT2D eigenvalue weighted by atomic mass is 10.0. The van der Waals surface area contributed by atoms with Crippen molar-refractivity contribution in [2.75, 3.05) is 7.11 Å². The summed E-state index contributed by atoms with van der Waals surface area (Å²) in [6.07, 6.45) is 2.86. The van der Waals surface area contributed by atoms with E-state index in [0.717, 1.165) is 24.8 Å². The molecule has 0 saturated heterocycles. The van der Waals surface area contributed by atoms with Gasteiger partial charge in [0, 0.05) is 5.56 Å². The van der Waals surface area contributed by atoms with Crippen molar-refractivity contribution in [1.82, 2.24) is 5.32 Å². The minimum absolute atomic E-state index is 0.350. The van der Waals surface area contributed by atoms with Crippen LogP contribution in [0.1, 0.15) is 39.5 Å². The van der Waals surface area contributed by atoms with E-state index < -0.39 is 12.0 Å². The first kappa shape index (κ1) is 16.1. The predicted molar refractivity (Wildman–Crippen MR) is 89.3 cm³/mol. The Bertz CT molecular complexity index is 767. The lowest BCUT2D eigenvalue weighted by molar-refractivity contribution is -0.139. The molecular formula is C19H19NO4. The Balaban J connectivity index is 1.84. The predicted octanol–water partition coefficient (Wildman–Crippen LogP) is 2.74. The van der Waals surface area contributed by atoms with Gasteiger partial charge in [-0.3, -0.25) is 4.79 Å². The molecule has 0 bridgehead atoms. The Hall–Kier alpha value is -2.82. The van der Waals surface area contributed by atoms with E-state index in [4.69, 9.17) is 4.74 Å². The van der Waals surface area contributed by atoms with Crippen LogP contribution in [0.15, 0.2) is 42.5 Å². The largest absolute Gasteiger partial charge is 0.497 e. The minimum Gasteiger partial charge on any atom is -0.497 e. The van der Waals surface area contributed by atoms with E-state index in [0.29, 0.717) is 16.9 Å². The highest BCUT2D eigenvalue weighted by Gasteiger charge is 2.25. The number of fused-ring (bicyclic) bond motifs is 1. The molecule has 0 saturated carbocycles. The van der Waals surface area contributed by atoms with Crippen LogP contribution in [-0.2, 0) is 17.6 Å². The number of nitrogens with one attached hydrogen (secondary N) is 1. The molecule has 5 heteroatoms. The molecule has 3 rings (SSSR count). The molecule has 2 N–H and O–H groups in total. The highest BCUT2D eigenvalue weighted by molar-refractivity contribution is 5.98. The SMILES string of the molecule is COc1ccc(C(NC(=O)c2cccc3c2CCC3)C(=O)O)cc1.